The molecule has 1 atom stereocenters. The molecule has 0 aliphatic heterocycles. The van der Waals surface area contributed by atoms with E-state index in [0.29, 0.717) is 0 Å². The Kier molecular flexibility index (Phi) is 5.39. The second kappa shape index (κ2) is 6.80. The zero-order valence-corrected chi connectivity index (χ0v) is 11.7. The lowest BCUT2D eigenvalue weighted by Crippen LogP contribution is -2.38. The topological polar surface area (TPSA) is 102 Å². The Morgan fingerprint density at radius 3 is 2.25 bits per heavy atom. The van der Waals surface area contributed by atoms with Gasteiger partial charge in [-0.25, -0.2) is 0 Å². The third kappa shape index (κ3) is 3.64. The van der Waals surface area contributed by atoms with E-state index < -0.39 is 9.85 Å². The minimum Gasteiger partial charge on any atom is -0.364 e. The SMILES string of the molecule is CCN(CC)C(C)Nc1ccc([N+](=O)[O-])cc1[N+](=O)[O-]. The molecule has 1 aromatic carbocycles. The molecule has 0 bridgehead atoms. The number of nitrogens with zero attached hydrogens (tertiary/aromatic N) is 3. The smallest absolute Gasteiger partial charge is 0.299 e. The number of benzene rings is 1. The van der Waals surface area contributed by atoms with E-state index in [1.165, 1.54) is 12.1 Å². The van der Waals surface area contributed by atoms with E-state index in [9.17, 15) is 20.2 Å². The van der Waals surface area contributed by atoms with Gasteiger partial charge in [-0.2, -0.15) is 0 Å². The number of anilines is 1. The van der Waals surface area contributed by atoms with Crippen LogP contribution in [0.1, 0.15) is 20.8 Å². The van der Waals surface area contributed by atoms with Crippen LogP contribution in [0.3, 0.4) is 0 Å². The van der Waals surface area contributed by atoms with Gasteiger partial charge in [0, 0.05) is 6.07 Å². The molecule has 0 aromatic heterocycles. The van der Waals surface area contributed by atoms with E-state index in [1.807, 2.05) is 20.8 Å². The van der Waals surface area contributed by atoms with Crippen LogP contribution in [0, 0.1) is 20.2 Å². The van der Waals surface area contributed by atoms with Crippen molar-refractivity contribution in [3.8, 4) is 0 Å². The Morgan fingerprint density at radius 2 is 1.80 bits per heavy atom. The fraction of sp³-hybridized carbons (Fsp3) is 0.500. The number of hydrogen-bond acceptors (Lipinski definition) is 6. The minimum absolute atomic E-state index is 0.106. The molecule has 0 saturated carbocycles. The van der Waals surface area contributed by atoms with Crippen molar-refractivity contribution in [3.05, 3.63) is 38.4 Å². The van der Waals surface area contributed by atoms with Gasteiger partial charge >= 0.3 is 0 Å². The highest BCUT2D eigenvalue weighted by atomic mass is 16.6. The van der Waals surface area contributed by atoms with Gasteiger partial charge in [0.05, 0.1) is 22.1 Å². The normalized spacial score (nSPS) is 12.2. The zero-order chi connectivity index (χ0) is 15.3. The molecule has 0 amide bonds. The van der Waals surface area contributed by atoms with Gasteiger partial charge < -0.3 is 5.32 Å². The van der Waals surface area contributed by atoms with Crippen LogP contribution >= 0.6 is 0 Å². The summed E-state index contributed by atoms with van der Waals surface area (Å²) in [5.41, 5.74) is -0.309. The maximum Gasteiger partial charge on any atom is 0.299 e. The Balaban J connectivity index is 3.06. The molecule has 20 heavy (non-hydrogen) atoms. The molecule has 110 valence electrons. The summed E-state index contributed by atoms with van der Waals surface area (Å²) in [6, 6.07) is 3.60. The maximum atomic E-state index is 11.0. The molecule has 0 aliphatic rings. The van der Waals surface area contributed by atoms with Crippen LogP contribution in [0.25, 0.3) is 0 Å². The van der Waals surface area contributed by atoms with Gasteiger partial charge in [0.15, 0.2) is 0 Å². The highest BCUT2D eigenvalue weighted by Crippen LogP contribution is 2.29. The predicted molar refractivity (Wildman–Crippen MR) is 75.8 cm³/mol. The van der Waals surface area contributed by atoms with Crippen LogP contribution in [0.15, 0.2) is 18.2 Å². The second-order valence-corrected chi connectivity index (χ2v) is 4.26. The first-order chi connectivity index (χ1) is 9.40. The summed E-state index contributed by atoms with van der Waals surface area (Å²) in [6.07, 6.45) is -0.106. The molecule has 1 aromatic rings. The number of nitro groups is 2. The number of nitrogens with one attached hydrogen (secondary N) is 1. The largest absolute Gasteiger partial charge is 0.364 e. The molecule has 0 fully saturated rings. The molecule has 0 saturated heterocycles. The lowest BCUT2D eigenvalue weighted by atomic mass is 10.2. The van der Waals surface area contributed by atoms with Crippen LogP contribution in [-0.2, 0) is 0 Å². The van der Waals surface area contributed by atoms with Crippen molar-refractivity contribution in [2.45, 2.75) is 26.9 Å². The quantitative estimate of drug-likeness (QED) is 0.468. The molecular formula is C12H18N4O4. The van der Waals surface area contributed by atoms with Gasteiger partial charge in [-0.3, -0.25) is 25.1 Å². The maximum absolute atomic E-state index is 11.0. The van der Waals surface area contributed by atoms with Crippen molar-refractivity contribution in [1.82, 2.24) is 4.90 Å². The van der Waals surface area contributed by atoms with Gasteiger partial charge in [0.2, 0.25) is 0 Å². The summed E-state index contributed by atoms with van der Waals surface area (Å²) in [7, 11) is 0. The van der Waals surface area contributed by atoms with E-state index in [4.69, 9.17) is 0 Å². The van der Waals surface area contributed by atoms with Crippen molar-refractivity contribution in [2.24, 2.45) is 0 Å². The number of non-ortho nitro benzene ring substituents is 1. The standard InChI is InChI=1S/C12H18N4O4/c1-4-14(5-2)9(3)13-11-7-6-10(15(17)18)8-12(11)16(19)20/h6-9,13H,4-5H2,1-3H3. The monoisotopic (exact) mass is 282 g/mol. The van der Waals surface area contributed by atoms with Crippen molar-refractivity contribution in [3.63, 3.8) is 0 Å². The molecule has 1 rings (SSSR count). The first-order valence-corrected chi connectivity index (χ1v) is 6.34. The summed E-state index contributed by atoms with van der Waals surface area (Å²) in [5.74, 6) is 0. The van der Waals surface area contributed by atoms with Crippen LogP contribution in [0.4, 0.5) is 17.1 Å². The first-order valence-electron chi connectivity index (χ1n) is 6.34. The Hall–Kier alpha value is -2.22. The Labute approximate surface area is 116 Å². The Bertz CT molecular complexity index is 502. The average molecular weight is 282 g/mol. The van der Waals surface area contributed by atoms with Crippen LogP contribution in [-0.4, -0.2) is 34.0 Å². The van der Waals surface area contributed by atoms with E-state index in [0.717, 1.165) is 19.2 Å². The van der Waals surface area contributed by atoms with E-state index in [2.05, 4.69) is 10.2 Å². The first kappa shape index (κ1) is 15.8. The third-order valence-corrected chi connectivity index (χ3v) is 3.11. The fourth-order valence-corrected chi connectivity index (χ4v) is 1.99. The molecule has 0 heterocycles. The molecule has 8 nitrogen and oxygen atoms in total. The summed E-state index contributed by atoms with van der Waals surface area (Å²) in [4.78, 5) is 22.5. The van der Waals surface area contributed by atoms with E-state index in [-0.39, 0.29) is 23.2 Å². The zero-order valence-electron chi connectivity index (χ0n) is 11.7. The second-order valence-electron chi connectivity index (χ2n) is 4.26. The molecule has 0 radical (unpaired) electrons. The molecule has 0 aliphatic carbocycles. The minimum atomic E-state index is -0.648. The van der Waals surface area contributed by atoms with Crippen molar-refractivity contribution in [2.75, 3.05) is 18.4 Å². The van der Waals surface area contributed by atoms with Crippen molar-refractivity contribution < 1.29 is 9.85 Å². The van der Waals surface area contributed by atoms with Crippen molar-refractivity contribution >= 4 is 17.1 Å². The number of hydrogen-bond donors (Lipinski definition) is 1. The number of rotatable bonds is 7. The van der Waals surface area contributed by atoms with Crippen LogP contribution < -0.4 is 5.32 Å². The summed E-state index contributed by atoms with van der Waals surface area (Å²) in [6.45, 7) is 7.47. The van der Waals surface area contributed by atoms with Gasteiger partial charge in [0.1, 0.15) is 5.69 Å². The van der Waals surface area contributed by atoms with E-state index >= 15 is 0 Å². The molecule has 8 heteroatoms. The summed E-state index contributed by atoms with van der Waals surface area (Å²) >= 11 is 0. The highest BCUT2D eigenvalue weighted by Gasteiger charge is 2.21. The van der Waals surface area contributed by atoms with Gasteiger partial charge in [0.25, 0.3) is 11.4 Å². The molecule has 0 spiro atoms. The number of nitro benzene ring substituents is 2. The molecule has 1 unspecified atom stereocenters. The van der Waals surface area contributed by atoms with Gasteiger partial charge in [-0.15, -0.1) is 0 Å². The predicted octanol–water partition coefficient (Wildman–Crippen LogP) is 2.60. The van der Waals surface area contributed by atoms with Crippen molar-refractivity contribution in [1.29, 1.82) is 0 Å². The summed E-state index contributed by atoms with van der Waals surface area (Å²) < 4.78 is 0. The lowest BCUT2D eigenvalue weighted by molar-refractivity contribution is -0.393. The average Bonchev–Trinajstić information content (AvgIpc) is 2.39. The fourth-order valence-electron chi connectivity index (χ4n) is 1.99. The lowest BCUT2D eigenvalue weighted by Gasteiger charge is -2.27. The molecule has 1 N–H and O–H groups in total. The van der Waals surface area contributed by atoms with Gasteiger partial charge in [-0.05, 0) is 26.1 Å². The summed E-state index contributed by atoms with van der Waals surface area (Å²) in [5, 5.41) is 24.7. The van der Waals surface area contributed by atoms with E-state index in [1.54, 1.807) is 0 Å². The highest BCUT2D eigenvalue weighted by molar-refractivity contribution is 5.65. The van der Waals surface area contributed by atoms with Crippen LogP contribution in [0.2, 0.25) is 0 Å². The molecular weight excluding hydrogens is 264 g/mol. The van der Waals surface area contributed by atoms with Crippen LogP contribution in [0.5, 0.6) is 0 Å². The third-order valence-electron chi connectivity index (χ3n) is 3.11. The van der Waals surface area contributed by atoms with Gasteiger partial charge in [-0.1, -0.05) is 13.8 Å². The Morgan fingerprint density at radius 1 is 1.20 bits per heavy atom.